The Morgan fingerprint density at radius 1 is 0.864 bits per heavy atom. The van der Waals surface area contributed by atoms with Crippen LogP contribution in [0.25, 0.3) is 0 Å². The van der Waals surface area contributed by atoms with Crippen molar-refractivity contribution in [3.05, 3.63) is 59.7 Å². The first-order valence-electron chi connectivity index (χ1n) is 7.31. The number of hydrogen-bond donors (Lipinski definition) is 3. The third kappa shape index (κ3) is 6.30. The lowest BCUT2D eigenvalue weighted by Gasteiger charge is -2.21. The van der Waals surface area contributed by atoms with E-state index in [1.165, 1.54) is 0 Å². The number of para-hydroxylation sites is 2. The molecule has 5 heteroatoms. The molecule has 0 aliphatic carbocycles. The Hall–Kier alpha value is -1.82. The Morgan fingerprint density at radius 2 is 1.36 bits per heavy atom. The Morgan fingerprint density at radius 3 is 1.82 bits per heavy atom. The Bertz CT molecular complexity index is 583. The average molecular weight is 318 g/mol. The molecule has 0 aliphatic heterocycles. The number of nitrogens with two attached hydrogens (primary N) is 2. The molecule has 0 amide bonds. The summed E-state index contributed by atoms with van der Waals surface area (Å²) in [6.07, 6.45) is 0. The largest absolute Gasteiger partial charge is 0.544 e. The van der Waals surface area contributed by atoms with E-state index in [0.717, 1.165) is 16.9 Å². The van der Waals surface area contributed by atoms with Crippen molar-refractivity contribution in [1.29, 1.82) is 0 Å². The number of rotatable bonds is 4. The van der Waals surface area contributed by atoms with Crippen LogP contribution in [-0.2, 0) is 13.1 Å². The van der Waals surface area contributed by atoms with Crippen LogP contribution in [-0.4, -0.2) is 13.4 Å². The predicted molar refractivity (Wildman–Crippen MR) is 94.3 cm³/mol. The van der Waals surface area contributed by atoms with Gasteiger partial charge in [-0.15, -0.1) is 0 Å². The van der Waals surface area contributed by atoms with Crippen LogP contribution in [0.5, 0.6) is 11.5 Å². The maximum Gasteiger partial charge on any atom is 0.242 e. The summed E-state index contributed by atoms with van der Waals surface area (Å²) in [4.78, 5) is 0. The van der Waals surface area contributed by atoms with Gasteiger partial charge in [-0.05, 0) is 31.8 Å². The lowest BCUT2D eigenvalue weighted by molar-refractivity contribution is 0.468. The molecule has 0 spiro atoms. The molecular weight excluding hydrogens is 292 g/mol. The molecule has 0 aliphatic rings. The second-order valence-corrected chi connectivity index (χ2v) is 10.3. The average Bonchev–Trinajstić information content (AvgIpc) is 2.47. The van der Waals surface area contributed by atoms with Gasteiger partial charge in [0.05, 0.1) is 0 Å². The van der Waals surface area contributed by atoms with Gasteiger partial charge in [-0.1, -0.05) is 36.4 Å². The summed E-state index contributed by atoms with van der Waals surface area (Å²) in [5.41, 5.74) is 12.8. The zero-order chi connectivity index (χ0) is 16.6. The van der Waals surface area contributed by atoms with Crippen molar-refractivity contribution in [2.45, 2.75) is 32.7 Å². The van der Waals surface area contributed by atoms with Gasteiger partial charge in [0, 0.05) is 24.2 Å². The van der Waals surface area contributed by atoms with E-state index in [1.54, 1.807) is 18.2 Å². The van der Waals surface area contributed by atoms with Gasteiger partial charge in [-0.25, -0.2) is 0 Å². The molecule has 5 N–H and O–H groups in total. The topological polar surface area (TPSA) is 81.5 Å². The quantitative estimate of drug-likeness (QED) is 0.756. The van der Waals surface area contributed by atoms with Crippen LogP contribution in [0.2, 0.25) is 19.6 Å². The van der Waals surface area contributed by atoms with Gasteiger partial charge in [0.1, 0.15) is 11.5 Å². The summed E-state index contributed by atoms with van der Waals surface area (Å²) < 4.78 is 5.88. The smallest absolute Gasteiger partial charge is 0.242 e. The fourth-order valence-corrected chi connectivity index (χ4v) is 2.64. The van der Waals surface area contributed by atoms with E-state index in [9.17, 15) is 0 Å². The molecule has 0 radical (unpaired) electrons. The fourth-order valence-electron chi connectivity index (χ4n) is 1.79. The van der Waals surface area contributed by atoms with Crippen LogP contribution in [0.3, 0.4) is 0 Å². The van der Waals surface area contributed by atoms with E-state index in [1.807, 2.05) is 30.3 Å². The highest BCUT2D eigenvalue weighted by atomic mass is 28.4. The number of phenols is 1. The first kappa shape index (κ1) is 18.2. The van der Waals surface area contributed by atoms with Crippen molar-refractivity contribution in [3.63, 3.8) is 0 Å². The first-order valence-corrected chi connectivity index (χ1v) is 10.7. The fraction of sp³-hybridized carbons (Fsp3) is 0.294. The highest BCUT2D eigenvalue weighted by Gasteiger charge is 2.17. The van der Waals surface area contributed by atoms with Crippen molar-refractivity contribution in [2.75, 3.05) is 0 Å². The van der Waals surface area contributed by atoms with Gasteiger partial charge in [0.15, 0.2) is 0 Å². The predicted octanol–water partition coefficient (Wildman–Crippen LogP) is 3.21. The lowest BCUT2D eigenvalue weighted by atomic mass is 10.2. The minimum Gasteiger partial charge on any atom is -0.544 e. The van der Waals surface area contributed by atoms with Crippen molar-refractivity contribution >= 4 is 8.32 Å². The van der Waals surface area contributed by atoms with E-state index in [-0.39, 0.29) is 5.75 Å². The van der Waals surface area contributed by atoms with Crippen LogP contribution < -0.4 is 15.9 Å². The summed E-state index contributed by atoms with van der Waals surface area (Å²) in [6.45, 7) is 7.44. The molecule has 0 saturated carbocycles. The molecule has 0 aromatic heterocycles. The van der Waals surface area contributed by atoms with E-state index >= 15 is 0 Å². The van der Waals surface area contributed by atoms with Crippen LogP contribution in [0.15, 0.2) is 48.5 Å². The molecule has 0 atom stereocenters. The van der Waals surface area contributed by atoms with Gasteiger partial charge < -0.3 is 21.0 Å². The molecule has 0 saturated heterocycles. The molecule has 120 valence electrons. The minimum absolute atomic E-state index is 0.278. The molecule has 22 heavy (non-hydrogen) atoms. The van der Waals surface area contributed by atoms with Crippen LogP contribution in [0.4, 0.5) is 0 Å². The monoisotopic (exact) mass is 318 g/mol. The molecule has 0 heterocycles. The summed E-state index contributed by atoms with van der Waals surface area (Å²) in [6, 6.07) is 15.0. The van der Waals surface area contributed by atoms with Gasteiger partial charge in [0.2, 0.25) is 8.32 Å². The van der Waals surface area contributed by atoms with E-state index in [4.69, 9.17) is 21.0 Å². The first-order chi connectivity index (χ1) is 10.4. The second-order valence-electron chi connectivity index (χ2n) is 5.86. The van der Waals surface area contributed by atoms with Crippen LogP contribution in [0, 0.1) is 0 Å². The van der Waals surface area contributed by atoms with E-state index < -0.39 is 8.32 Å². The van der Waals surface area contributed by atoms with Crippen molar-refractivity contribution in [3.8, 4) is 11.5 Å². The zero-order valence-corrected chi connectivity index (χ0v) is 14.5. The van der Waals surface area contributed by atoms with Gasteiger partial charge >= 0.3 is 0 Å². The number of phenolic OH excluding ortho intramolecular Hbond substituents is 1. The lowest BCUT2D eigenvalue weighted by Crippen LogP contribution is -2.29. The van der Waals surface area contributed by atoms with Gasteiger partial charge in [-0.3, -0.25) is 0 Å². The van der Waals surface area contributed by atoms with Gasteiger partial charge in [-0.2, -0.15) is 0 Å². The molecule has 2 aromatic rings. The molecule has 0 unspecified atom stereocenters. The second kappa shape index (κ2) is 8.58. The minimum atomic E-state index is -1.50. The van der Waals surface area contributed by atoms with Gasteiger partial charge in [0.25, 0.3) is 0 Å². The zero-order valence-electron chi connectivity index (χ0n) is 13.5. The van der Waals surface area contributed by atoms with E-state index in [0.29, 0.717) is 13.1 Å². The number of benzene rings is 2. The Balaban J connectivity index is 0.000000235. The third-order valence-corrected chi connectivity index (χ3v) is 3.65. The maximum atomic E-state index is 9.03. The maximum absolute atomic E-state index is 9.03. The molecule has 2 rings (SSSR count). The highest BCUT2D eigenvalue weighted by molar-refractivity contribution is 6.70. The molecule has 2 aromatic carbocycles. The summed E-state index contributed by atoms with van der Waals surface area (Å²) in [5.74, 6) is 1.23. The molecule has 0 fully saturated rings. The van der Waals surface area contributed by atoms with Crippen LogP contribution in [0.1, 0.15) is 11.1 Å². The third-order valence-electron chi connectivity index (χ3n) is 2.82. The van der Waals surface area contributed by atoms with Crippen molar-refractivity contribution < 1.29 is 9.53 Å². The Kier molecular flexibility index (Phi) is 7.11. The number of aromatic hydroxyl groups is 1. The van der Waals surface area contributed by atoms with Crippen molar-refractivity contribution in [2.24, 2.45) is 11.5 Å². The SMILES string of the molecule is C[Si](C)(C)Oc1ccccc1CN.NCc1ccccc1O. The van der Waals surface area contributed by atoms with Crippen LogP contribution >= 0.6 is 0 Å². The molecule has 0 bridgehead atoms. The summed E-state index contributed by atoms with van der Waals surface area (Å²) in [5, 5.41) is 9.03. The molecule has 4 nitrogen and oxygen atoms in total. The molecular formula is C17H26N2O2Si. The van der Waals surface area contributed by atoms with Crippen molar-refractivity contribution in [1.82, 2.24) is 0 Å². The number of hydrogen-bond acceptors (Lipinski definition) is 4. The van der Waals surface area contributed by atoms with E-state index in [2.05, 4.69) is 19.6 Å². The summed E-state index contributed by atoms with van der Waals surface area (Å²) >= 11 is 0. The normalized spacial score (nSPS) is 10.6. The summed E-state index contributed by atoms with van der Waals surface area (Å²) in [7, 11) is -1.50. The Labute approximate surface area is 133 Å². The standard InChI is InChI=1S/C10H17NOSi.C7H9NO/c1-13(2,3)12-10-7-5-4-6-9(10)8-11;8-5-6-3-1-2-4-7(6)9/h4-7H,8,11H2,1-3H3;1-4,9H,5,8H2. The highest BCUT2D eigenvalue weighted by Crippen LogP contribution is 2.20.